The zero-order valence-electron chi connectivity index (χ0n) is 11.4. The SMILES string of the molecule is COc1ccc(OCNC(=O)c2ccc(C)nc2)cc1. The average molecular weight is 272 g/mol. The zero-order valence-corrected chi connectivity index (χ0v) is 11.4. The number of aryl methyl sites for hydroxylation is 1. The summed E-state index contributed by atoms with van der Waals surface area (Å²) in [5, 5.41) is 2.66. The molecule has 0 radical (unpaired) electrons. The Morgan fingerprint density at radius 2 is 1.85 bits per heavy atom. The lowest BCUT2D eigenvalue weighted by atomic mass is 10.2. The summed E-state index contributed by atoms with van der Waals surface area (Å²) < 4.78 is 10.5. The van der Waals surface area contributed by atoms with Crippen molar-refractivity contribution in [3.05, 3.63) is 53.9 Å². The summed E-state index contributed by atoms with van der Waals surface area (Å²) in [7, 11) is 1.60. The maximum atomic E-state index is 11.8. The molecule has 0 spiro atoms. The standard InChI is InChI=1S/C15H16N2O3/c1-11-3-4-12(9-16-11)15(18)17-10-20-14-7-5-13(19-2)6-8-14/h3-9H,10H2,1-2H3,(H,17,18). The van der Waals surface area contributed by atoms with Crippen molar-refractivity contribution in [3.63, 3.8) is 0 Å². The van der Waals surface area contributed by atoms with Gasteiger partial charge < -0.3 is 14.8 Å². The van der Waals surface area contributed by atoms with E-state index in [0.717, 1.165) is 11.4 Å². The number of aromatic nitrogens is 1. The minimum atomic E-state index is -0.217. The predicted molar refractivity (Wildman–Crippen MR) is 74.9 cm³/mol. The number of ether oxygens (including phenoxy) is 2. The first kappa shape index (κ1) is 13.9. The fourth-order valence-electron chi connectivity index (χ4n) is 1.56. The van der Waals surface area contributed by atoms with Gasteiger partial charge in [0.2, 0.25) is 0 Å². The number of benzene rings is 1. The van der Waals surface area contributed by atoms with E-state index in [0.29, 0.717) is 11.3 Å². The molecule has 5 heteroatoms. The molecule has 0 unspecified atom stereocenters. The molecule has 0 saturated heterocycles. The van der Waals surface area contributed by atoms with Crippen LogP contribution in [0.4, 0.5) is 0 Å². The molecule has 5 nitrogen and oxygen atoms in total. The van der Waals surface area contributed by atoms with Gasteiger partial charge in [-0.3, -0.25) is 9.78 Å². The number of nitrogens with zero attached hydrogens (tertiary/aromatic N) is 1. The predicted octanol–water partition coefficient (Wildman–Crippen LogP) is 2.16. The Labute approximate surface area is 117 Å². The van der Waals surface area contributed by atoms with Crippen molar-refractivity contribution in [2.45, 2.75) is 6.92 Å². The van der Waals surface area contributed by atoms with Crippen molar-refractivity contribution in [1.29, 1.82) is 0 Å². The number of amides is 1. The molecule has 1 N–H and O–H groups in total. The van der Waals surface area contributed by atoms with Crippen LogP contribution in [0.25, 0.3) is 0 Å². The maximum Gasteiger partial charge on any atom is 0.255 e. The van der Waals surface area contributed by atoms with E-state index in [1.807, 2.05) is 6.92 Å². The van der Waals surface area contributed by atoms with E-state index in [1.54, 1.807) is 43.5 Å². The highest BCUT2D eigenvalue weighted by molar-refractivity contribution is 5.93. The van der Waals surface area contributed by atoms with Gasteiger partial charge in [0.15, 0.2) is 6.73 Å². The van der Waals surface area contributed by atoms with Crippen molar-refractivity contribution < 1.29 is 14.3 Å². The third kappa shape index (κ3) is 3.71. The van der Waals surface area contributed by atoms with Crippen molar-refractivity contribution >= 4 is 5.91 Å². The Hall–Kier alpha value is -2.56. The molecule has 0 aliphatic carbocycles. The van der Waals surface area contributed by atoms with Gasteiger partial charge in [-0.1, -0.05) is 0 Å². The maximum absolute atomic E-state index is 11.8. The fourth-order valence-corrected chi connectivity index (χ4v) is 1.56. The zero-order chi connectivity index (χ0) is 14.4. The molecular formula is C15H16N2O3. The summed E-state index contributed by atoms with van der Waals surface area (Å²) in [6, 6.07) is 10.7. The summed E-state index contributed by atoms with van der Waals surface area (Å²) in [4.78, 5) is 15.9. The minimum Gasteiger partial charge on any atom is -0.497 e. The Balaban J connectivity index is 1.82. The van der Waals surface area contributed by atoms with Crippen LogP contribution in [0.2, 0.25) is 0 Å². The van der Waals surface area contributed by atoms with Crippen LogP contribution in [-0.2, 0) is 0 Å². The van der Waals surface area contributed by atoms with Crippen LogP contribution in [0.15, 0.2) is 42.6 Å². The fraction of sp³-hybridized carbons (Fsp3) is 0.200. The summed E-state index contributed by atoms with van der Waals surface area (Å²) in [5.41, 5.74) is 1.38. The van der Waals surface area contributed by atoms with Gasteiger partial charge in [0.1, 0.15) is 11.5 Å². The lowest BCUT2D eigenvalue weighted by Gasteiger charge is -2.08. The number of hydrogen-bond acceptors (Lipinski definition) is 4. The average Bonchev–Trinajstić information content (AvgIpc) is 2.48. The van der Waals surface area contributed by atoms with Gasteiger partial charge in [0.05, 0.1) is 12.7 Å². The first-order valence-electron chi connectivity index (χ1n) is 6.17. The third-order valence-corrected chi connectivity index (χ3v) is 2.70. The Kier molecular flexibility index (Phi) is 4.55. The van der Waals surface area contributed by atoms with Gasteiger partial charge in [-0.25, -0.2) is 0 Å². The van der Waals surface area contributed by atoms with Crippen LogP contribution in [0.1, 0.15) is 16.1 Å². The van der Waals surface area contributed by atoms with E-state index in [2.05, 4.69) is 10.3 Å². The van der Waals surface area contributed by atoms with Crippen LogP contribution >= 0.6 is 0 Å². The van der Waals surface area contributed by atoms with E-state index in [4.69, 9.17) is 9.47 Å². The first-order valence-corrected chi connectivity index (χ1v) is 6.17. The lowest BCUT2D eigenvalue weighted by Crippen LogP contribution is -2.27. The number of methoxy groups -OCH3 is 1. The highest BCUT2D eigenvalue weighted by atomic mass is 16.5. The second-order valence-electron chi connectivity index (χ2n) is 4.16. The van der Waals surface area contributed by atoms with E-state index in [-0.39, 0.29) is 12.6 Å². The lowest BCUT2D eigenvalue weighted by molar-refractivity contribution is 0.0918. The van der Waals surface area contributed by atoms with Crippen LogP contribution in [0, 0.1) is 6.92 Å². The Morgan fingerprint density at radius 1 is 1.15 bits per heavy atom. The molecule has 0 aliphatic rings. The summed E-state index contributed by atoms with van der Waals surface area (Å²) >= 11 is 0. The summed E-state index contributed by atoms with van der Waals surface area (Å²) in [6.45, 7) is 1.97. The molecule has 0 saturated carbocycles. The largest absolute Gasteiger partial charge is 0.497 e. The highest BCUT2D eigenvalue weighted by Gasteiger charge is 2.05. The smallest absolute Gasteiger partial charge is 0.255 e. The number of rotatable bonds is 5. The van der Waals surface area contributed by atoms with Gasteiger partial charge in [-0.05, 0) is 43.3 Å². The van der Waals surface area contributed by atoms with Gasteiger partial charge >= 0.3 is 0 Å². The second-order valence-corrected chi connectivity index (χ2v) is 4.16. The monoisotopic (exact) mass is 272 g/mol. The van der Waals surface area contributed by atoms with Crippen LogP contribution < -0.4 is 14.8 Å². The summed E-state index contributed by atoms with van der Waals surface area (Å²) in [6.07, 6.45) is 1.54. The number of carbonyl (C=O) groups excluding carboxylic acids is 1. The second kappa shape index (κ2) is 6.56. The molecule has 2 aromatic rings. The molecule has 0 atom stereocenters. The Morgan fingerprint density at radius 3 is 2.45 bits per heavy atom. The quantitative estimate of drug-likeness (QED) is 0.847. The van der Waals surface area contributed by atoms with Gasteiger partial charge in [0.25, 0.3) is 5.91 Å². The van der Waals surface area contributed by atoms with Gasteiger partial charge in [0, 0.05) is 11.9 Å². The molecule has 104 valence electrons. The van der Waals surface area contributed by atoms with E-state index in [9.17, 15) is 4.79 Å². The topological polar surface area (TPSA) is 60.5 Å². The number of pyridine rings is 1. The molecule has 1 aromatic carbocycles. The van der Waals surface area contributed by atoms with Crippen LogP contribution in [0.3, 0.4) is 0 Å². The van der Waals surface area contributed by atoms with Crippen LogP contribution in [0.5, 0.6) is 11.5 Å². The van der Waals surface area contributed by atoms with E-state index in [1.165, 1.54) is 6.20 Å². The molecular weight excluding hydrogens is 256 g/mol. The van der Waals surface area contributed by atoms with Crippen LogP contribution in [-0.4, -0.2) is 24.7 Å². The number of hydrogen-bond donors (Lipinski definition) is 1. The van der Waals surface area contributed by atoms with Crippen molar-refractivity contribution in [2.24, 2.45) is 0 Å². The highest BCUT2D eigenvalue weighted by Crippen LogP contribution is 2.16. The summed E-state index contributed by atoms with van der Waals surface area (Å²) in [5.74, 6) is 1.20. The van der Waals surface area contributed by atoms with Gasteiger partial charge in [-0.15, -0.1) is 0 Å². The number of carbonyl (C=O) groups is 1. The minimum absolute atomic E-state index is 0.0963. The third-order valence-electron chi connectivity index (χ3n) is 2.70. The first-order chi connectivity index (χ1) is 9.69. The molecule has 0 bridgehead atoms. The Bertz CT molecular complexity index is 565. The van der Waals surface area contributed by atoms with E-state index < -0.39 is 0 Å². The molecule has 1 heterocycles. The van der Waals surface area contributed by atoms with Crippen molar-refractivity contribution in [3.8, 4) is 11.5 Å². The van der Waals surface area contributed by atoms with Crippen molar-refractivity contribution in [2.75, 3.05) is 13.8 Å². The molecule has 1 aromatic heterocycles. The molecule has 0 aliphatic heterocycles. The molecule has 0 fully saturated rings. The molecule has 1 amide bonds. The van der Waals surface area contributed by atoms with E-state index >= 15 is 0 Å². The van der Waals surface area contributed by atoms with Gasteiger partial charge in [-0.2, -0.15) is 0 Å². The van der Waals surface area contributed by atoms with Crippen molar-refractivity contribution in [1.82, 2.24) is 10.3 Å². The molecule has 2 rings (SSSR count). The number of nitrogens with one attached hydrogen (secondary N) is 1. The normalized spacial score (nSPS) is 9.90. The molecule has 20 heavy (non-hydrogen) atoms.